The molecular formula is C28H22N4O3. The lowest BCUT2D eigenvalue weighted by Gasteiger charge is -2.12. The molecule has 0 radical (unpaired) electrons. The SMILES string of the molecule is O=C(Cn1nc(Cc2cccnc2)c2ccccc2c1=O)Nc1ccc(Oc2ccccc2)cc1. The molecule has 0 bridgehead atoms. The maximum absolute atomic E-state index is 13.0. The Hall–Kier alpha value is -4.78. The van der Waals surface area contributed by atoms with E-state index in [0.717, 1.165) is 16.7 Å². The third-order valence-corrected chi connectivity index (χ3v) is 5.45. The van der Waals surface area contributed by atoms with E-state index in [0.29, 0.717) is 28.9 Å². The molecule has 0 atom stereocenters. The highest BCUT2D eigenvalue weighted by Gasteiger charge is 2.14. The van der Waals surface area contributed by atoms with Gasteiger partial charge in [0.2, 0.25) is 5.91 Å². The van der Waals surface area contributed by atoms with Crippen LogP contribution in [0.4, 0.5) is 5.69 Å². The van der Waals surface area contributed by atoms with Gasteiger partial charge in [-0.1, -0.05) is 42.5 Å². The van der Waals surface area contributed by atoms with Crippen molar-refractivity contribution in [1.82, 2.24) is 14.8 Å². The molecule has 0 unspecified atom stereocenters. The Morgan fingerprint density at radius 1 is 0.829 bits per heavy atom. The summed E-state index contributed by atoms with van der Waals surface area (Å²) in [6.07, 6.45) is 3.98. The maximum atomic E-state index is 13.0. The molecule has 0 saturated heterocycles. The summed E-state index contributed by atoms with van der Waals surface area (Å²) in [5.41, 5.74) is 1.97. The van der Waals surface area contributed by atoms with Crippen molar-refractivity contribution in [2.75, 3.05) is 5.32 Å². The molecule has 7 nitrogen and oxygen atoms in total. The van der Waals surface area contributed by atoms with Gasteiger partial charge in [-0.25, -0.2) is 4.68 Å². The molecule has 172 valence electrons. The third-order valence-electron chi connectivity index (χ3n) is 5.45. The second-order valence-electron chi connectivity index (χ2n) is 7.98. The topological polar surface area (TPSA) is 86.1 Å². The highest BCUT2D eigenvalue weighted by atomic mass is 16.5. The largest absolute Gasteiger partial charge is 0.457 e. The number of hydrogen-bond acceptors (Lipinski definition) is 5. The minimum Gasteiger partial charge on any atom is -0.457 e. The first-order valence-corrected chi connectivity index (χ1v) is 11.2. The fourth-order valence-electron chi connectivity index (χ4n) is 3.81. The van der Waals surface area contributed by atoms with E-state index in [1.807, 2.05) is 54.6 Å². The third kappa shape index (κ3) is 5.25. The number of ether oxygens (including phenoxy) is 1. The van der Waals surface area contributed by atoms with Crippen LogP contribution in [0.5, 0.6) is 11.5 Å². The Balaban J connectivity index is 1.34. The standard InChI is InChI=1S/C28H22N4O3/c33-27(30-21-12-14-23(15-13-21)35-22-8-2-1-3-9-22)19-32-28(34)25-11-5-4-10-24(25)26(31-32)17-20-7-6-16-29-18-20/h1-16,18H,17,19H2,(H,30,33). The van der Waals surface area contributed by atoms with Gasteiger partial charge in [0.15, 0.2) is 0 Å². The van der Waals surface area contributed by atoms with Crippen molar-refractivity contribution in [2.45, 2.75) is 13.0 Å². The zero-order valence-electron chi connectivity index (χ0n) is 18.8. The number of pyridine rings is 1. The van der Waals surface area contributed by atoms with E-state index in [4.69, 9.17) is 4.74 Å². The first-order valence-electron chi connectivity index (χ1n) is 11.2. The van der Waals surface area contributed by atoms with Gasteiger partial charge in [-0.2, -0.15) is 5.10 Å². The minimum atomic E-state index is -0.348. The Kier molecular flexibility index (Phi) is 6.30. The molecule has 3 aromatic carbocycles. The molecule has 0 fully saturated rings. The van der Waals surface area contributed by atoms with Gasteiger partial charge in [-0.05, 0) is 54.1 Å². The lowest BCUT2D eigenvalue weighted by atomic mass is 10.1. The van der Waals surface area contributed by atoms with Gasteiger partial charge in [0.25, 0.3) is 5.56 Å². The van der Waals surface area contributed by atoms with Crippen LogP contribution in [0.25, 0.3) is 10.8 Å². The number of hydrogen-bond donors (Lipinski definition) is 1. The zero-order chi connectivity index (χ0) is 24.0. The number of carbonyl (C=O) groups excluding carboxylic acids is 1. The monoisotopic (exact) mass is 462 g/mol. The van der Waals surface area contributed by atoms with Crippen LogP contribution in [-0.2, 0) is 17.8 Å². The van der Waals surface area contributed by atoms with Crippen molar-refractivity contribution >= 4 is 22.4 Å². The second kappa shape index (κ2) is 10.0. The minimum absolute atomic E-state index is 0.202. The van der Waals surface area contributed by atoms with Gasteiger partial charge >= 0.3 is 0 Å². The first-order chi connectivity index (χ1) is 17.2. The molecule has 5 aromatic rings. The van der Waals surface area contributed by atoms with Gasteiger partial charge in [0.05, 0.1) is 11.1 Å². The average molecular weight is 463 g/mol. The average Bonchev–Trinajstić information content (AvgIpc) is 2.89. The maximum Gasteiger partial charge on any atom is 0.275 e. The molecule has 2 aromatic heterocycles. The summed E-state index contributed by atoms with van der Waals surface area (Å²) in [4.78, 5) is 30.0. The molecule has 0 aliphatic carbocycles. The summed E-state index contributed by atoms with van der Waals surface area (Å²) in [6, 6.07) is 27.6. The molecule has 2 heterocycles. The summed E-state index contributed by atoms with van der Waals surface area (Å²) in [7, 11) is 0. The van der Waals surface area contributed by atoms with Crippen LogP contribution in [-0.4, -0.2) is 20.7 Å². The summed E-state index contributed by atoms with van der Waals surface area (Å²) in [5.74, 6) is 1.04. The van der Waals surface area contributed by atoms with Crippen LogP contribution >= 0.6 is 0 Å². The summed E-state index contributed by atoms with van der Waals surface area (Å²) in [6.45, 7) is -0.202. The predicted molar refractivity (Wildman–Crippen MR) is 135 cm³/mol. The van der Waals surface area contributed by atoms with Gasteiger partial charge in [0.1, 0.15) is 18.0 Å². The molecule has 0 aliphatic rings. The Morgan fingerprint density at radius 2 is 1.54 bits per heavy atom. The molecule has 1 N–H and O–H groups in total. The molecule has 5 rings (SSSR count). The van der Waals surface area contributed by atoms with Crippen molar-refractivity contribution in [3.05, 3.63) is 125 Å². The number of amides is 1. The quantitative estimate of drug-likeness (QED) is 0.375. The van der Waals surface area contributed by atoms with E-state index in [1.165, 1.54) is 4.68 Å². The molecule has 0 saturated carbocycles. The molecule has 0 aliphatic heterocycles. The van der Waals surface area contributed by atoms with Crippen molar-refractivity contribution in [3.63, 3.8) is 0 Å². The Labute approximate surface area is 201 Å². The van der Waals surface area contributed by atoms with E-state index < -0.39 is 0 Å². The molecule has 7 heteroatoms. The lowest BCUT2D eigenvalue weighted by Crippen LogP contribution is -2.30. The van der Waals surface area contributed by atoms with Crippen molar-refractivity contribution in [1.29, 1.82) is 0 Å². The van der Waals surface area contributed by atoms with E-state index >= 15 is 0 Å². The normalized spacial score (nSPS) is 10.7. The van der Waals surface area contributed by atoms with Crippen LogP contribution in [0.2, 0.25) is 0 Å². The molecule has 1 amide bonds. The number of nitrogens with zero attached hydrogens (tertiary/aromatic N) is 3. The summed E-state index contributed by atoms with van der Waals surface area (Å²) < 4.78 is 7.00. The van der Waals surface area contributed by atoms with Crippen LogP contribution in [0.3, 0.4) is 0 Å². The summed E-state index contributed by atoms with van der Waals surface area (Å²) in [5, 5.41) is 8.65. The second-order valence-corrected chi connectivity index (χ2v) is 7.98. The highest BCUT2D eigenvalue weighted by molar-refractivity contribution is 5.91. The van der Waals surface area contributed by atoms with Crippen LogP contribution in [0.15, 0.2) is 108 Å². The van der Waals surface area contributed by atoms with Crippen molar-refractivity contribution in [3.8, 4) is 11.5 Å². The Morgan fingerprint density at radius 3 is 2.29 bits per heavy atom. The van der Waals surface area contributed by atoms with Gasteiger partial charge < -0.3 is 10.1 Å². The number of nitrogens with one attached hydrogen (secondary N) is 1. The number of para-hydroxylation sites is 1. The van der Waals surface area contributed by atoms with Gasteiger partial charge in [-0.15, -0.1) is 0 Å². The van der Waals surface area contributed by atoms with E-state index in [1.54, 1.807) is 48.8 Å². The number of aromatic nitrogens is 3. The lowest BCUT2D eigenvalue weighted by molar-refractivity contribution is -0.117. The summed E-state index contributed by atoms with van der Waals surface area (Å²) >= 11 is 0. The van der Waals surface area contributed by atoms with E-state index in [9.17, 15) is 9.59 Å². The number of rotatable bonds is 7. The number of fused-ring (bicyclic) bond motifs is 1. The number of benzene rings is 3. The van der Waals surface area contributed by atoms with E-state index in [2.05, 4.69) is 15.4 Å². The van der Waals surface area contributed by atoms with Crippen molar-refractivity contribution in [2.24, 2.45) is 0 Å². The zero-order valence-corrected chi connectivity index (χ0v) is 18.8. The highest BCUT2D eigenvalue weighted by Crippen LogP contribution is 2.22. The number of anilines is 1. The van der Waals surface area contributed by atoms with Gasteiger partial charge in [0, 0.05) is 29.9 Å². The predicted octanol–water partition coefficient (Wildman–Crippen LogP) is 4.81. The van der Waals surface area contributed by atoms with Crippen LogP contribution in [0.1, 0.15) is 11.3 Å². The van der Waals surface area contributed by atoms with Crippen molar-refractivity contribution < 1.29 is 9.53 Å². The van der Waals surface area contributed by atoms with Gasteiger partial charge in [-0.3, -0.25) is 14.6 Å². The molecular weight excluding hydrogens is 440 g/mol. The fourth-order valence-corrected chi connectivity index (χ4v) is 3.81. The fraction of sp³-hybridized carbons (Fsp3) is 0.0714. The Bertz CT molecular complexity index is 1520. The number of carbonyl (C=O) groups is 1. The molecule has 35 heavy (non-hydrogen) atoms. The smallest absolute Gasteiger partial charge is 0.275 e. The van der Waals surface area contributed by atoms with Crippen LogP contribution < -0.4 is 15.6 Å². The first kappa shape index (κ1) is 22.0. The van der Waals surface area contributed by atoms with E-state index in [-0.39, 0.29) is 18.0 Å². The van der Waals surface area contributed by atoms with Crippen LogP contribution in [0, 0.1) is 0 Å². The molecule has 0 spiro atoms.